The van der Waals surface area contributed by atoms with Gasteiger partial charge in [0.05, 0.1) is 12.0 Å². The van der Waals surface area contributed by atoms with E-state index in [9.17, 15) is 14.4 Å². The van der Waals surface area contributed by atoms with E-state index >= 15 is 0 Å². The number of hydrogen-bond acceptors (Lipinski definition) is 6. The first-order valence-corrected chi connectivity index (χ1v) is 9.03. The molecule has 0 unspecified atom stereocenters. The van der Waals surface area contributed by atoms with E-state index in [1.807, 2.05) is 0 Å². The first-order valence-electron chi connectivity index (χ1n) is 8.22. The Morgan fingerprint density at radius 1 is 1.22 bits per heavy atom. The molecule has 1 aliphatic rings. The Bertz CT molecular complexity index is 901. The Kier molecular flexibility index (Phi) is 5.66. The molecule has 1 saturated heterocycles. The smallest absolute Gasteiger partial charge is 0.293 e. The maximum absolute atomic E-state index is 12.5. The van der Waals surface area contributed by atoms with E-state index in [-0.39, 0.29) is 35.9 Å². The molecule has 8 heteroatoms. The number of thioether (sulfide) groups is 1. The topological polar surface area (TPSA) is 88.8 Å². The molecule has 1 N–H and O–H groups in total. The molecule has 2 aromatic rings. The number of aryl methyl sites for hydroxylation is 1. The van der Waals surface area contributed by atoms with Crippen molar-refractivity contribution in [1.29, 1.82) is 0 Å². The van der Waals surface area contributed by atoms with Crippen molar-refractivity contribution < 1.29 is 23.5 Å². The highest BCUT2D eigenvalue weighted by molar-refractivity contribution is 8.18. The number of benzene rings is 1. The Labute approximate surface area is 160 Å². The van der Waals surface area contributed by atoms with Gasteiger partial charge in [-0.15, -0.1) is 0 Å². The summed E-state index contributed by atoms with van der Waals surface area (Å²) in [5, 5.41) is 2.28. The van der Waals surface area contributed by atoms with Crippen LogP contribution in [0, 0.1) is 6.92 Å². The van der Waals surface area contributed by atoms with Gasteiger partial charge in [-0.05, 0) is 54.6 Å². The van der Waals surface area contributed by atoms with Crippen molar-refractivity contribution in [1.82, 2.24) is 10.2 Å². The molecule has 1 aliphatic heterocycles. The summed E-state index contributed by atoms with van der Waals surface area (Å²) in [6, 6.07) is 10.4. The SMILES string of the molecule is COc1ccc(/C=C2\SC(=O)N(CCNC(=O)c3ccc(C)o3)C2=O)cc1. The minimum atomic E-state index is -0.385. The average Bonchev–Trinajstić information content (AvgIpc) is 3.21. The third-order valence-electron chi connectivity index (χ3n) is 3.87. The molecule has 0 bridgehead atoms. The summed E-state index contributed by atoms with van der Waals surface area (Å²) >= 11 is 0.881. The van der Waals surface area contributed by atoms with Crippen LogP contribution in [0.5, 0.6) is 5.75 Å². The lowest BCUT2D eigenvalue weighted by molar-refractivity contribution is -0.122. The molecule has 1 fully saturated rings. The molecule has 3 rings (SSSR count). The van der Waals surface area contributed by atoms with E-state index < -0.39 is 0 Å². The Hall–Kier alpha value is -3.00. The Morgan fingerprint density at radius 2 is 1.96 bits per heavy atom. The molecule has 0 spiro atoms. The zero-order valence-corrected chi connectivity index (χ0v) is 15.7. The molecule has 0 radical (unpaired) electrons. The fraction of sp³-hybridized carbons (Fsp3) is 0.211. The van der Waals surface area contributed by atoms with E-state index in [0.717, 1.165) is 22.2 Å². The third-order valence-corrected chi connectivity index (χ3v) is 4.78. The number of ether oxygens (including phenoxy) is 1. The van der Waals surface area contributed by atoms with Gasteiger partial charge in [-0.2, -0.15) is 0 Å². The van der Waals surface area contributed by atoms with Crippen LogP contribution in [0.4, 0.5) is 4.79 Å². The van der Waals surface area contributed by atoms with E-state index in [0.29, 0.717) is 16.4 Å². The zero-order valence-electron chi connectivity index (χ0n) is 14.9. The van der Waals surface area contributed by atoms with Crippen LogP contribution in [-0.2, 0) is 4.79 Å². The molecule has 7 nitrogen and oxygen atoms in total. The number of carbonyl (C=O) groups is 3. The highest BCUT2D eigenvalue weighted by Gasteiger charge is 2.34. The summed E-state index contributed by atoms with van der Waals surface area (Å²) in [5.74, 6) is 0.784. The fourth-order valence-electron chi connectivity index (χ4n) is 2.47. The van der Waals surface area contributed by atoms with Crippen molar-refractivity contribution in [2.45, 2.75) is 6.92 Å². The van der Waals surface area contributed by atoms with Crippen molar-refractivity contribution >= 4 is 34.9 Å². The van der Waals surface area contributed by atoms with Gasteiger partial charge >= 0.3 is 0 Å². The molecule has 27 heavy (non-hydrogen) atoms. The maximum atomic E-state index is 12.5. The van der Waals surface area contributed by atoms with Crippen molar-refractivity contribution in [3.05, 3.63) is 58.4 Å². The number of imide groups is 1. The number of furan rings is 1. The van der Waals surface area contributed by atoms with Crippen LogP contribution in [0.1, 0.15) is 21.9 Å². The summed E-state index contributed by atoms with van der Waals surface area (Å²) in [5.41, 5.74) is 0.794. The Morgan fingerprint density at radius 3 is 2.59 bits per heavy atom. The molecule has 1 aromatic heterocycles. The number of nitrogens with zero attached hydrogens (tertiary/aromatic N) is 1. The molecule has 2 heterocycles. The highest BCUT2D eigenvalue weighted by atomic mass is 32.2. The summed E-state index contributed by atoms with van der Waals surface area (Å²) < 4.78 is 10.3. The van der Waals surface area contributed by atoms with E-state index in [1.165, 1.54) is 0 Å². The monoisotopic (exact) mass is 386 g/mol. The number of methoxy groups -OCH3 is 1. The van der Waals surface area contributed by atoms with Crippen LogP contribution in [0.2, 0.25) is 0 Å². The molecule has 3 amide bonds. The normalized spacial score (nSPS) is 15.5. The molecular formula is C19H18N2O5S. The molecule has 0 saturated carbocycles. The van der Waals surface area contributed by atoms with Crippen LogP contribution >= 0.6 is 11.8 Å². The maximum Gasteiger partial charge on any atom is 0.293 e. The van der Waals surface area contributed by atoms with Gasteiger partial charge in [0.15, 0.2) is 5.76 Å². The molecule has 1 aromatic carbocycles. The summed E-state index contributed by atoms with van der Waals surface area (Å²) in [7, 11) is 1.58. The second-order valence-electron chi connectivity index (χ2n) is 5.77. The molecule has 140 valence electrons. The van der Waals surface area contributed by atoms with E-state index in [2.05, 4.69) is 5.32 Å². The Balaban J connectivity index is 1.58. The lowest BCUT2D eigenvalue weighted by Gasteiger charge is -2.12. The predicted molar refractivity (Wildman–Crippen MR) is 101 cm³/mol. The molecule has 0 aliphatic carbocycles. The lowest BCUT2D eigenvalue weighted by atomic mass is 10.2. The zero-order chi connectivity index (χ0) is 19.4. The number of hydrogen-bond donors (Lipinski definition) is 1. The van der Waals surface area contributed by atoms with E-state index in [4.69, 9.17) is 9.15 Å². The average molecular weight is 386 g/mol. The summed E-state index contributed by atoms with van der Waals surface area (Å²) in [6.07, 6.45) is 1.66. The number of nitrogens with one attached hydrogen (secondary N) is 1. The number of rotatable bonds is 6. The number of amides is 3. The summed E-state index contributed by atoms with van der Waals surface area (Å²) in [4.78, 5) is 38.0. The largest absolute Gasteiger partial charge is 0.497 e. The van der Waals surface area contributed by atoms with Gasteiger partial charge in [0, 0.05) is 13.1 Å². The number of carbonyl (C=O) groups excluding carboxylic acids is 3. The molecule has 0 atom stereocenters. The van der Waals surface area contributed by atoms with Gasteiger partial charge in [-0.3, -0.25) is 19.3 Å². The quantitative estimate of drug-likeness (QED) is 0.768. The fourth-order valence-corrected chi connectivity index (χ4v) is 3.33. The lowest BCUT2D eigenvalue weighted by Crippen LogP contribution is -2.37. The minimum absolute atomic E-state index is 0.0933. The van der Waals surface area contributed by atoms with Crippen LogP contribution in [0.25, 0.3) is 6.08 Å². The summed E-state index contributed by atoms with van der Waals surface area (Å²) in [6.45, 7) is 1.98. The van der Waals surface area contributed by atoms with Gasteiger partial charge in [0.25, 0.3) is 17.1 Å². The third kappa shape index (κ3) is 4.40. The second kappa shape index (κ2) is 8.13. The predicted octanol–water partition coefficient (Wildman–Crippen LogP) is 3.06. The molecular weight excluding hydrogens is 368 g/mol. The highest BCUT2D eigenvalue weighted by Crippen LogP contribution is 2.32. The van der Waals surface area contributed by atoms with Gasteiger partial charge < -0.3 is 14.5 Å². The van der Waals surface area contributed by atoms with Gasteiger partial charge in [0.2, 0.25) is 0 Å². The van der Waals surface area contributed by atoms with Crippen LogP contribution in [-0.4, -0.2) is 42.2 Å². The van der Waals surface area contributed by atoms with Crippen LogP contribution in [0.15, 0.2) is 45.7 Å². The van der Waals surface area contributed by atoms with Crippen LogP contribution in [0.3, 0.4) is 0 Å². The minimum Gasteiger partial charge on any atom is -0.497 e. The van der Waals surface area contributed by atoms with Gasteiger partial charge in [-0.1, -0.05) is 12.1 Å². The van der Waals surface area contributed by atoms with Crippen molar-refractivity contribution in [3.63, 3.8) is 0 Å². The van der Waals surface area contributed by atoms with Crippen molar-refractivity contribution in [2.24, 2.45) is 0 Å². The van der Waals surface area contributed by atoms with E-state index in [1.54, 1.807) is 56.5 Å². The van der Waals surface area contributed by atoms with Gasteiger partial charge in [-0.25, -0.2) is 0 Å². The van der Waals surface area contributed by atoms with Crippen molar-refractivity contribution in [3.8, 4) is 5.75 Å². The first kappa shape index (κ1) is 18.8. The van der Waals surface area contributed by atoms with Crippen LogP contribution < -0.4 is 10.1 Å². The van der Waals surface area contributed by atoms with Crippen molar-refractivity contribution in [2.75, 3.05) is 20.2 Å². The standard InChI is InChI=1S/C19H18N2O5S/c1-12-3-8-15(26-12)17(22)20-9-10-21-18(23)16(27-19(21)24)11-13-4-6-14(25-2)7-5-13/h3-8,11H,9-10H2,1-2H3,(H,20,22)/b16-11-. The van der Waals surface area contributed by atoms with Gasteiger partial charge in [0.1, 0.15) is 11.5 Å². The first-order chi connectivity index (χ1) is 13.0. The second-order valence-corrected chi connectivity index (χ2v) is 6.77.